The van der Waals surface area contributed by atoms with E-state index in [9.17, 15) is 9.59 Å². The van der Waals surface area contributed by atoms with E-state index in [1.165, 1.54) is 5.56 Å². The Morgan fingerprint density at radius 3 is 2.38 bits per heavy atom. The summed E-state index contributed by atoms with van der Waals surface area (Å²) < 4.78 is 0. The minimum atomic E-state index is -0.877. The molecule has 1 fully saturated rings. The van der Waals surface area contributed by atoms with Crippen LogP contribution in [-0.2, 0) is 9.59 Å². The fourth-order valence-electron chi connectivity index (χ4n) is 3.06. The molecule has 1 aliphatic rings. The fraction of sp³-hybridized carbons (Fsp3) is 0.529. The minimum absolute atomic E-state index is 0.132. The van der Waals surface area contributed by atoms with Crippen LogP contribution in [0.5, 0.6) is 0 Å². The van der Waals surface area contributed by atoms with Gasteiger partial charge in [-0.2, -0.15) is 0 Å². The molecule has 0 saturated heterocycles. The molecule has 0 aliphatic heterocycles. The van der Waals surface area contributed by atoms with E-state index in [1.54, 1.807) is 0 Å². The smallest absolute Gasteiger partial charge is 0.307 e. The summed E-state index contributed by atoms with van der Waals surface area (Å²) in [7, 11) is 0. The van der Waals surface area contributed by atoms with Gasteiger partial charge in [0.15, 0.2) is 0 Å². The van der Waals surface area contributed by atoms with E-state index in [1.807, 2.05) is 32.0 Å². The van der Waals surface area contributed by atoms with Crippen molar-refractivity contribution < 1.29 is 14.7 Å². The summed E-state index contributed by atoms with van der Waals surface area (Å²) in [5.74, 6) is -1.59. The molecule has 2 rings (SSSR count). The maximum Gasteiger partial charge on any atom is 0.307 e. The van der Waals surface area contributed by atoms with Crippen LogP contribution in [0.4, 0.5) is 0 Å². The molecule has 1 saturated carbocycles. The van der Waals surface area contributed by atoms with Crippen LogP contribution in [0, 0.1) is 17.3 Å². The summed E-state index contributed by atoms with van der Waals surface area (Å²) in [6.45, 7) is 6.38. The second-order valence-electron chi connectivity index (χ2n) is 6.51. The van der Waals surface area contributed by atoms with Gasteiger partial charge in [0.2, 0.25) is 5.91 Å². The van der Waals surface area contributed by atoms with E-state index in [2.05, 4.69) is 24.4 Å². The molecule has 0 aromatic heterocycles. The first-order valence-electron chi connectivity index (χ1n) is 7.41. The number of carboxylic acids is 1. The predicted octanol–water partition coefficient (Wildman–Crippen LogP) is 2.65. The lowest BCUT2D eigenvalue weighted by atomic mass is 9.98. The Morgan fingerprint density at radius 2 is 1.86 bits per heavy atom. The lowest BCUT2D eigenvalue weighted by molar-refractivity contribution is -0.140. The number of rotatable bonds is 6. The molecular formula is C17H23NO3. The lowest BCUT2D eigenvalue weighted by Crippen LogP contribution is -2.28. The van der Waals surface area contributed by atoms with Crippen LogP contribution in [0.1, 0.15) is 38.7 Å². The predicted molar refractivity (Wildman–Crippen MR) is 80.9 cm³/mol. The standard InChI is InChI=1S/C17H23NO3/c1-11(12-7-5-4-6-8-12)9-10-18-15(19)13-14(16(20)21)17(13,2)3/h4-8,11,13-14H,9-10H2,1-3H3,(H,18,19)(H,20,21). The molecule has 1 aromatic carbocycles. The highest BCUT2D eigenvalue weighted by molar-refractivity contribution is 5.91. The summed E-state index contributed by atoms with van der Waals surface area (Å²) in [4.78, 5) is 23.2. The van der Waals surface area contributed by atoms with E-state index < -0.39 is 23.2 Å². The molecule has 3 atom stereocenters. The van der Waals surface area contributed by atoms with Gasteiger partial charge in [-0.25, -0.2) is 0 Å². The Hall–Kier alpha value is -1.84. The van der Waals surface area contributed by atoms with Gasteiger partial charge in [0.05, 0.1) is 11.8 Å². The quantitative estimate of drug-likeness (QED) is 0.846. The van der Waals surface area contributed by atoms with Crippen molar-refractivity contribution in [2.45, 2.75) is 33.1 Å². The van der Waals surface area contributed by atoms with Crippen LogP contribution >= 0.6 is 0 Å². The fourth-order valence-corrected chi connectivity index (χ4v) is 3.06. The third kappa shape index (κ3) is 3.26. The largest absolute Gasteiger partial charge is 0.481 e. The molecule has 2 N–H and O–H groups in total. The summed E-state index contributed by atoms with van der Waals surface area (Å²) in [5, 5.41) is 12.0. The van der Waals surface area contributed by atoms with Crippen molar-refractivity contribution in [2.24, 2.45) is 17.3 Å². The lowest BCUT2D eigenvalue weighted by Gasteiger charge is -2.12. The molecule has 0 spiro atoms. The summed E-state index contributed by atoms with van der Waals surface area (Å²) in [6.07, 6.45) is 0.848. The third-order valence-electron chi connectivity index (χ3n) is 4.62. The number of carboxylic acid groups (broad SMARTS) is 1. The minimum Gasteiger partial charge on any atom is -0.481 e. The molecule has 21 heavy (non-hydrogen) atoms. The highest BCUT2D eigenvalue weighted by Crippen LogP contribution is 2.58. The van der Waals surface area contributed by atoms with Gasteiger partial charge in [-0.3, -0.25) is 9.59 Å². The highest BCUT2D eigenvalue weighted by atomic mass is 16.4. The van der Waals surface area contributed by atoms with Crippen molar-refractivity contribution in [3.8, 4) is 0 Å². The molecule has 0 radical (unpaired) electrons. The summed E-state index contributed by atoms with van der Waals surface area (Å²) >= 11 is 0. The Labute approximate surface area is 125 Å². The van der Waals surface area contributed by atoms with Crippen LogP contribution < -0.4 is 5.32 Å². The van der Waals surface area contributed by atoms with Crippen molar-refractivity contribution in [3.05, 3.63) is 35.9 Å². The van der Waals surface area contributed by atoms with E-state index in [4.69, 9.17) is 5.11 Å². The SMILES string of the molecule is CC(CCNC(=O)C1C(C(=O)O)C1(C)C)c1ccccc1. The van der Waals surface area contributed by atoms with Crippen molar-refractivity contribution in [3.63, 3.8) is 0 Å². The first-order valence-corrected chi connectivity index (χ1v) is 7.41. The van der Waals surface area contributed by atoms with E-state index in [0.29, 0.717) is 12.5 Å². The van der Waals surface area contributed by atoms with Gasteiger partial charge in [0.25, 0.3) is 0 Å². The first kappa shape index (κ1) is 15.5. The zero-order valence-electron chi connectivity index (χ0n) is 12.8. The molecule has 4 nitrogen and oxygen atoms in total. The molecular weight excluding hydrogens is 266 g/mol. The van der Waals surface area contributed by atoms with E-state index in [-0.39, 0.29) is 5.91 Å². The van der Waals surface area contributed by atoms with Gasteiger partial charge < -0.3 is 10.4 Å². The average molecular weight is 289 g/mol. The van der Waals surface area contributed by atoms with Crippen LogP contribution in [0.3, 0.4) is 0 Å². The van der Waals surface area contributed by atoms with Crippen molar-refractivity contribution in [2.75, 3.05) is 6.54 Å². The highest BCUT2D eigenvalue weighted by Gasteiger charge is 2.65. The van der Waals surface area contributed by atoms with Crippen LogP contribution in [0.25, 0.3) is 0 Å². The molecule has 4 heteroatoms. The summed E-state index contributed by atoms with van der Waals surface area (Å²) in [5.41, 5.74) is 0.822. The maximum atomic E-state index is 12.1. The number of amides is 1. The van der Waals surface area contributed by atoms with Crippen LogP contribution in [0.2, 0.25) is 0 Å². The van der Waals surface area contributed by atoms with Gasteiger partial charge in [-0.15, -0.1) is 0 Å². The van der Waals surface area contributed by atoms with E-state index >= 15 is 0 Å². The molecule has 114 valence electrons. The zero-order chi connectivity index (χ0) is 15.6. The second-order valence-corrected chi connectivity index (χ2v) is 6.51. The van der Waals surface area contributed by atoms with Crippen LogP contribution in [-0.4, -0.2) is 23.5 Å². The number of hydrogen-bond acceptors (Lipinski definition) is 2. The Kier molecular flexibility index (Phi) is 4.35. The van der Waals surface area contributed by atoms with Crippen molar-refractivity contribution in [1.82, 2.24) is 5.32 Å². The van der Waals surface area contributed by atoms with E-state index in [0.717, 1.165) is 6.42 Å². The molecule has 1 aromatic rings. The van der Waals surface area contributed by atoms with Gasteiger partial charge in [-0.1, -0.05) is 51.1 Å². The monoisotopic (exact) mass is 289 g/mol. The third-order valence-corrected chi connectivity index (χ3v) is 4.62. The normalized spacial score (nSPS) is 24.1. The van der Waals surface area contributed by atoms with Crippen molar-refractivity contribution in [1.29, 1.82) is 0 Å². The molecule has 1 aliphatic carbocycles. The topological polar surface area (TPSA) is 66.4 Å². The second kappa shape index (κ2) is 5.88. The average Bonchev–Trinajstić information content (AvgIpc) is 3.02. The molecule has 1 amide bonds. The first-order chi connectivity index (χ1) is 9.85. The van der Waals surface area contributed by atoms with Gasteiger partial charge in [0.1, 0.15) is 0 Å². The number of carbonyl (C=O) groups is 2. The van der Waals surface area contributed by atoms with Gasteiger partial charge >= 0.3 is 5.97 Å². The number of aliphatic carboxylic acids is 1. The number of hydrogen-bond donors (Lipinski definition) is 2. The summed E-state index contributed by atoms with van der Waals surface area (Å²) in [6, 6.07) is 10.2. The molecule has 0 heterocycles. The van der Waals surface area contributed by atoms with Gasteiger partial charge in [-0.05, 0) is 23.3 Å². The van der Waals surface area contributed by atoms with Crippen molar-refractivity contribution >= 4 is 11.9 Å². The maximum absolute atomic E-state index is 12.1. The Morgan fingerprint density at radius 1 is 1.24 bits per heavy atom. The number of nitrogens with one attached hydrogen (secondary N) is 1. The van der Waals surface area contributed by atoms with Crippen LogP contribution in [0.15, 0.2) is 30.3 Å². The number of benzene rings is 1. The number of carbonyl (C=O) groups excluding carboxylic acids is 1. The molecule has 3 unspecified atom stereocenters. The Balaban J connectivity index is 1.79. The van der Waals surface area contributed by atoms with Gasteiger partial charge in [0, 0.05) is 6.54 Å². The zero-order valence-corrected chi connectivity index (χ0v) is 12.8. The molecule has 0 bridgehead atoms. The Bertz CT molecular complexity index is 524.